The SMILES string of the molecule is Cc1ccc(F)cc1-c1nc(Cl)c2c(Cl)ccc(Cl)c2n1. The Morgan fingerprint density at radius 3 is 2.43 bits per heavy atom. The molecule has 0 N–H and O–H groups in total. The van der Waals surface area contributed by atoms with E-state index in [2.05, 4.69) is 9.97 Å². The van der Waals surface area contributed by atoms with Gasteiger partial charge in [0.15, 0.2) is 5.82 Å². The molecule has 0 radical (unpaired) electrons. The first-order valence-electron chi connectivity index (χ1n) is 6.05. The van der Waals surface area contributed by atoms with Crippen molar-refractivity contribution < 1.29 is 4.39 Å². The summed E-state index contributed by atoms with van der Waals surface area (Å²) in [5, 5.41) is 1.51. The highest BCUT2D eigenvalue weighted by atomic mass is 35.5. The van der Waals surface area contributed by atoms with Gasteiger partial charge in [-0.1, -0.05) is 40.9 Å². The zero-order valence-electron chi connectivity index (χ0n) is 10.8. The molecular weight excluding hydrogens is 334 g/mol. The number of rotatable bonds is 1. The van der Waals surface area contributed by atoms with Crippen LogP contribution >= 0.6 is 34.8 Å². The average molecular weight is 342 g/mol. The summed E-state index contributed by atoms with van der Waals surface area (Å²) in [6.45, 7) is 1.84. The summed E-state index contributed by atoms with van der Waals surface area (Å²) in [5.41, 5.74) is 1.85. The molecule has 106 valence electrons. The third kappa shape index (κ3) is 2.57. The van der Waals surface area contributed by atoms with Gasteiger partial charge in [-0.3, -0.25) is 0 Å². The molecule has 0 amide bonds. The maximum Gasteiger partial charge on any atom is 0.161 e. The normalized spacial score (nSPS) is 11.1. The van der Waals surface area contributed by atoms with Gasteiger partial charge in [-0.2, -0.15) is 0 Å². The maximum absolute atomic E-state index is 13.5. The lowest BCUT2D eigenvalue weighted by Crippen LogP contribution is -1.95. The minimum atomic E-state index is -0.368. The Kier molecular flexibility index (Phi) is 3.74. The lowest BCUT2D eigenvalue weighted by Gasteiger charge is -2.09. The highest BCUT2D eigenvalue weighted by Crippen LogP contribution is 2.34. The van der Waals surface area contributed by atoms with Gasteiger partial charge in [0.25, 0.3) is 0 Å². The first-order chi connectivity index (χ1) is 9.97. The lowest BCUT2D eigenvalue weighted by molar-refractivity contribution is 0.628. The van der Waals surface area contributed by atoms with Crippen LogP contribution in [0.2, 0.25) is 15.2 Å². The molecule has 3 aromatic rings. The van der Waals surface area contributed by atoms with Crippen molar-refractivity contribution in [3.8, 4) is 11.4 Å². The van der Waals surface area contributed by atoms with Gasteiger partial charge >= 0.3 is 0 Å². The van der Waals surface area contributed by atoms with Crippen LogP contribution in [0.5, 0.6) is 0 Å². The van der Waals surface area contributed by atoms with Crippen molar-refractivity contribution in [1.29, 1.82) is 0 Å². The van der Waals surface area contributed by atoms with Gasteiger partial charge in [-0.05, 0) is 36.8 Å². The van der Waals surface area contributed by atoms with E-state index in [1.54, 1.807) is 18.2 Å². The Bertz CT molecular complexity index is 865. The molecule has 0 aliphatic heterocycles. The molecule has 2 nitrogen and oxygen atoms in total. The van der Waals surface area contributed by atoms with Gasteiger partial charge in [0.2, 0.25) is 0 Å². The molecule has 1 aromatic heterocycles. The molecule has 1 heterocycles. The second-order valence-corrected chi connectivity index (χ2v) is 5.72. The Morgan fingerprint density at radius 1 is 0.952 bits per heavy atom. The predicted molar refractivity (Wildman–Crippen MR) is 84.7 cm³/mol. The van der Waals surface area contributed by atoms with Gasteiger partial charge in [-0.15, -0.1) is 0 Å². The monoisotopic (exact) mass is 340 g/mol. The molecule has 0 aliphatic rings. The van der Waals surface area contributed by atoms with Crippen molar-refractivity contribution in [1.82, 2.24) is 9.97 Å². The Labute approximate surface area is 135 Å². The minimum Gasteiger partial charge on any atom is -0.226 e. The molecule has 6 heteroatoms. The summed E-state index contributed by atoms with van der Waals surface area (Å²) in [4.78, 5) is 8.61. The fourth-order valence-electron chi connectivity index (χ4n) is 2.08. The Balaban J connectivity index is 2.35. The molecule has 0 saturated heterocycles. The van der Waals surface area contributed by atoms with Crippen molar-refractivity contribution >= 4 is 45.7 Å². The molecular formula is C15H8Cl3FN2. The van der Waals surface area contributed by atoms with Crippen LogP contribution in [-0.2, 0) is 0 Å². The standard InChI is InChI=1S/C15H8Cl3FN2/c1-7-2-3-8(19)6-9(7)15-20-13-11(17)5-4-10(16)12(13)14(18)21-15/h2-6H,1H3. The van der Waals surface area contributed by atoms with E-state index >= 15 is 0 Å². The summed E-state index contributed by atoms with van der Waals surface area (Å²) in [7, 11) is 0. The number of aryl methyl sites for hydroxylation is 1. The summed E-state index contributed by atoms with van der Waals surface area (Å²) < 4.78 is 13.5. The van der Waals surface area contributed by atoms with Gasteiger partial charge in [0.05, 0.1) is 20.9 Å². The van der Waals surface area contributed by atoms with E-state index in [0.717, 1.165) is 5.56 Å². The van der Waals surface area contributed by atoms with Gasteiger partial charge in [-0.25, -0.2) is 14.4 Å². The van der Waals surface area contributed by atoms with E-state index in [9.17, 15) is 4.39 Å². The molecule has 0 spiro atoms. The van der Waals surface area contributed by atoms with Crippen molar-refractivity contribution in [2.45, 2.75) is 6.92 Å². The molecule has 3 rings (SSSR count). The quantitative estimate of drug-likeness (QED) is 0.530. The summed E-state index contributed by atoms with van der Waals surface area (Å²) >= 11 is 18.4. The Hall–Kier alpha value is -1.42. The van der Waals surface area contributed by atoms with Crippen LogP contribution in [0.25, 0.3) is 22.3 Å². The molecule has 0 unspecified atom stereocenters. The number of halogens is 4. The minimum absolute atomic E-state index is 0.186. The second-order valence-electron chi connectivity index (χ2n) is 4.55. The molecule has 0 bridgehead atoms. The predicted octanol–water partition coefficient (Wildman–Crippen LogP) is 5.70. The van der Waals surface area contributed by atoms with Gasteiger partial charge in [0.1, 0.15) is 11.0 Å². The molecule has 21 heavy (non-hydrogen) atoms. The summed E-state index contributed by atoms with van der Waals surface area (Å²) in [6.07, 6.45) is 0. The number of fused-ring (bicyclic) bond motifs is 1. The molecule has 0 fully saturated rings. The van der Waals surface area contributed by atoms with Crippen molar-refractivity contribution in [3.05, 3.63) is 56.9 Å². The molecule has 0 saturated carbocycles. The highest BCUT2D eigenvalue weighted by Gasteiger charge is 2.15. The van der Waals surface area contributed by atoms with E-state index < -0.39 is 0 Å². The van der Waals surface area contributed by atoms with Crippen LogP contribution in [-0.4, -0.2) is 9.97 Å². The zero-order chi connectivity index (χ0) is 15.1. The fraction of sp³-hybridized carbons (Fsp3) is 0.0667. The number of nitrogens with zero attached hydrogens (tertiary/aromatic N) is 2. The summed E-state index contributed by atoms with van der Waals surface area (Å²) in [5.74, 6) is -0.0544. The Morgan fingerprint density at radius 2 is 1.67 bits per heavy atom. The summed E-state index contributed by atoms with van der Waals surface area (Å²) in [6, 6.07) is 7.68. The fourth-order valence-corrected chi connectivity index (χ4v) is 2.84. The van der Waals surface area contributed by atoms with E-state index in [-0.39, 0.29) is 11.0 Å². The van der Waals surface area contributed by atoms with Crippen molar-refractivity contribution in [2.75, 3.05) is 0 Å². The molecule has 0 aliphatic carbocycles. The first-order valence-corrected chi connectivity index (χ1v) is 7.18. The van der Waals surface area contributed by atoms with Gasteiger partial charge in [0, 0.05) is 5.56 Å². The highest BCUT2D eigenvalue weighted by molar-refractivity contribution is 6.44. The van der Waals surface area contributed by atoms with Crippen LogP contribution in [0.3, 0.4) is 0 Å². The molecule has 2 aromatic carbocycles. The third-order valence-electron chi connectivity index (χ3n) is 3.15. The molecule has 0 atom stereocenters. The third-order valence-corrected chi connectivity index (χ3v) is 4.04. The number of hydrogen-bond acceptors (Lipinski definition) is 2. The smallest absolute Gasteiger partial charge is 0.161 e. The zero-order valence-corrected chi connectivity index (χ0v) is 13.1. The van der Waals surface area contributed by atoms with Crippen molar-refractivity contribution in [2.24, 2.45) is 0 Å². The van der Waals surface area contributed by atoms with E-state index in [0.29, 0.717) is 32.3 Å². The van der Waals surface area contributed by atoms with E-state index in [1.165, 1.54) is 12.1 Å². The van der Waals surface area contributed by atoms with E-state index in [1.807, 2.05) is 6.92 Å². The lowest BCUT2D eigenvalue weighted by atomic mass is 10.1. The topological polar surface area (TPSA) is 25.8 Å². The largest absolute Gasteiger partial charge is 0.226 e. The van der Waals surface area contributed by atoms with Crippen molar-refractivity contribution in [3.63, 3.8) is 0 Å². The van der Waals surface area contributed by atoms with Crippen LogP contribution < -0.4 is 0 Å². The maximum atomic E-state index is 13.5. The number of aromatic nitrogens is 2. The number of hydrogen-bond donors (Lipinski definition) is 0. The van der Waals surface area contributed by atoms with Crippen LogP contribution in [0, 0.1) is 12.7 Å². The second kappa shape index (κ2) is 5.41. The van der Waals surface area contributed by atoms with E-state index in [4.69, 9.17) is 34.8 Å². The average Bonchev–Trinajstić information content (AvgIpc) is 2.45. The number of benzene rings is 2. The van der Waals surface area contributed by atoms with Crippen LogP contribution in [0.15, 0.2) is 30.3 Å². The first kappa shape index (κ1) is 14.5. The van der Waals surface area contributed by atoms with Crippen LogP contribution in [0.1, 0.15) is 5.56 Å². The van der Waals surface area contributed by atoms with Crippen LogP contribution in [0.4, 0.5) is 4.39 Å². The van der Waals surface area contributed by atoms with Gasteiger partial charge < -0.3 is 0 Å².